The number of hydrogen-bond acceptors (Lipinski definition) is 5. The second-order valence-corrected chi connectivity index (χ2v) is 10.5. The monoisotopic (exact) mass is 523 g/mol. The molecule has 10 heteroatoms. The molecule has 2 aliphatic heterocycles. The van der Waals surface area contributed by atoms with E-state index in [0.717, 1.165) is 58.0 Å². The molecule has 0 unspecified atom stereocenters. The van der Waals surface area contributed by atoms with Crippen molar-refractivity contribution in [1.29, 1.82) is 0 Å². The molecule has 1 spiro atoms. The Morgan fingerprint density at radius 1 is 1.06 bits per heavy atom. The van der Waals surface area contributed by atoms with Crippen LogP contribution in [-0.4, -0.2) is 59.0 Å². The Bertz CT molecular complexity index is 1110. The van der Waals surface area contributed by atoms with Crippen molar-refractivity contribution >= 4 is 23.3 Å². The number of ether oxygens (including phenoxy) is 1. The van der Waals surface area contributed by atoms with Crippen LogP contribution in [-0.2, 0) is 4.79 Å². The Hall–Kier alpha value is -2.52. The van der Waals surface area contributed by atoms with Crippen molar-refractivity contribution in [3.05, 3.63) is 41.6 Å². The van der Waals surface area contributed by atoms with Crippen LogP contribution in [0.4, 0.5) is 19.0 Å². The molecule has 1 aromatic heterocycles. The average molecular weight is 524 g/mol. The van der Waals surface area contributed by atoms with Crippen molar-refractivity contribution in [2.75, 3.05) is 24.5 Å². The highest BCUT2D eigenvalue weighted by molar-refractivity contribution is 6.33. The van der Waals surface area contributed by atoms with Gasteiger partial charge < -0.3 is 19.6 Å². The van der Waals surface area contributed by atoms with Crippen molar-refractivity contribution in [3.63, 3.8) is 0 Å². The summed E-state index contributed by atoms with van der Waals surface area (Å²) < 4.78 is 41.2. The third-order valence-corrected chi connectivity index (χ3v) is 8.05. The first-order valence-corrected chi connectivity index (χ1v) is 12.8. The fraction of sp³-hybridized carbons (Fsp3) is 0.538. The molecule has 2 saturated heterocycles. The number of aliphatic hydroxyl groups is 1. The van der Waals surface area contributed by atoms with Gasteiger partial charge in [-0.2, -0.15) is 0 Å². The SMILES string of the molecule is O=C1N(C2CCC(O)CC2)CC[C@]12CCCN(c1ncc(-c3ccc(OC(F)(F)F)cc3)cc1Cl)C2. The van der Waals surface area contributed by atoms with Gasteiger partial charge in [-0.1, -0.05) is 23.7 Å². The van der Waals surface area contributed by atoms with E-state index in [9.17, 15) is 23.1 Å². The number of rotatable bonds is 4. The molecule has 3 heterocycles. The summed E-state index contributed by atoms with van der Waals surface area (Å²) in [5.74, 6) is 0.534. The number of amides is 1. The zero-order valence-corrected chi connectivity index (χ0v) is 20.6. The highest BCUT2D eigenvalue weighted by Gasteiger charge is 2.51. The maximum absolute atomic E-state index is 13.6. The summed E-state index contributed by atoms with van der Waals surface area (Å²) >= 11 is 6.63. The zero-order chi connectivity index (χ0) is 25.5. The smallest absolute Gasteiger partial charge is 0.406 e. The van der Waals surface area contributed by atoms with Gasteiger partial charge in [-0.3, -0.25) is 4.79 Å². The van der Waals surface area contributed by atoms with Crippen LogP contribution in [0.1, 0.15) is 44.9 Å². The highest BCUT2D eigenvalue weighted by Crippen LogP contribution is 2.44. The summed E-state index contributed by atoms with van der Waals surface area (Å²) in [5, 5.41) is 10.3. The van der Waals surface area contributed by atoms with Crippen LogP contribution in [0, 0.1) is 5.41 Å². The third kappa shape index (κ3) is 5.13. The molecule has 2 aromatic rings. The number of nitrogens with zero attached hydrogens (tertiary/aromatic N) is 3. The number of piperidine rings is 1. The average Bonchev–Trinajstić information content (AvgIpc) is 3.14. The van der Waals surface area contributed by atoms with E-state index in [1.54, 1.807) is 12.3 Å². The Labute approximate surface area is 213 Å². The molecular formula is C26H29ClF3N3O3. The normalized spacial score (nSPS) is 27.1. The van der Waals surface area contributed by atoms with Crippen LogP contribution >= 0.6 is 11.6 Å². The minimum absolute atomic E-state index is 0.211. The molecule has 3 fully saturated rings. The van der Waals surface area contributed by atoms with Crippen LogP contribution < -0.4 is 9.64 Å². The maximum Gasteiger partial charge on any atom is 0.573 e. The first-order chi connectivity index (χ1) is 17.1. The number of benzene rings is 1. The molecule has 5 rings (SSSR count). The number of halogens is 4. The molecule has 6 nitrogen and oxygen atoms in total. The predicted octanol–water partition coefficient (Wildman–Crippen LogP) is 5.42. The van der Waals surface area contributed by atoms with Crippen molar-refractivity contribution < 1.29 is 27.8 Å². The fourth-order valence-electron chi connectivity index (χ4n) is 5.93. The molecule has 1 atom stereocenters. The van der Waals surface area contributed by atoms with Crippen molar-refractivity contribution in [1.82, 2.24) is 9.88 Å². The first kappa shape index (κ1) is 25.1. The van der Waals surface area contributed by atoms with E-state index in [2.05, 4.69) is 14.6 Å². The lowest BCUT2D eigenvalue weighted by Crippen LogP contribution is -2.50. The molecule has 0 bridgehead atoms. The summed E-state index contributed by atoms with van der Waals surface area (Å²) in [6.07, 6.45) is 2.38. The standard InChI is InChI=1S/C26H29ClF3N3O3/c27-22-14-18(17-2-8-21(9-3-17)36-26(28,29)30)15-31-23(22)32-12-1-10-25(16-32)11-13-33(24(25)35)19-4-6-20(34)7-5-19/h2-3,8-9,14-15,19-20,34H,1,4-7,10-13,16H2/t19?,20?,25-/m0/s1. The number of hydrogen-bond donors (Lipinski definition) is 1. The maximum atomic E-state index is 13.6. The summed E-state index contributed by atoms with van der Waals surface area (Å²) in [6.45, 7) is 2.06. The van der Waals surface area contributed by atoms with Gasteiger partial charge >= 0.3 is 6.36 Å². The first-order valence-electron chi connectivity index (χ1n) is 12.4. The minimum atomic E-state index is -4.74. The van der Waals surface area contributed by atoms with Crippen LogP contribution in [0.5, 0.6) is 5.75 Å². The number of anilines is 1. The zero-order valence-electron chi connectivity index (χ0n) is 19.8. The lowest BCUT2D eigenvalue weighted by molar-refractivity contribution is -0.274. The van der Waals surface area contributed by atoms with Crippen LogP contribution in [0.3, 0.4) is 0 Å². The van der Waals surface area contributed by atoms with E-state index in [1.807, 2.05) is 4.90 Å². The van der Waals surface area contributed by atoms with Crippen LogP contribution in [0.15, 0.2) is 36.5 Å². The molecule has 194 valence electrons. The van der Waals surface area contributed by atoms with E-state index < -0.39 is 11.8 Å². The Balaban J connectivity index is 1.29. The largest absolute Gasteiger partial charge is 0.573 e. The van der Waals surface area contributed by atoms with Crippen LogP contribution in [0.2, 0.25) is 5.02 Å². The number of aliphatic hydroxyl groups excluding tert-OH is 1. The summed E-state index contributed by atoms with van der Waals surface area (Å²) in [5.41, 5.74) is 0.906. The fourth-order valence-corrected chi connectivity index (χ4v) is 6.21. The van der Waals surface area contributed by atoms with Gasteiger partial charge in [-0.15, -0.1) is 13.2 Å². The Morgan fingerprint density at radius 2 is 1.78 bits per heavy atom. The van der Waals surface area contributed by atoms with Crippen molar-refractivity contribution in [2.24, 2.45) is 5.41 Å². The van der Waals surface area contributed by atoms with Crippen molar-refractivity contribution in [3.8, 4) is 16.9 Å². The molecule has 1 N–H and O–H groups in total. The minimum Gasteiger partial charge on any atom is -0.406 e. The Kier molecular flexibility index (Phi) is 6.80. The van der Waals surface area contributed by atoms with Gasteiger partial charge in [0, 0.05) is 37.4 Å². The van der Waals surface area contributed by atoms with E-state index in [-0.39, 0.29) is 23.8 Å². The second kappa shape index (κ2) is 9.74. The number of alkyl halides is 3. The molecule has 36 heavy (non-hydrogen) atoms. The van der Waals surface area contributed by atoms with Gasteiger partial charge in [0.25, 0.3) is 0 Å². The molecule has 1 saturated carbocycles. The van der Waals surface area contributed by atoms with Crippen LogP contribution in [0.25, 0.3) is 11.1 Å². The Morgan fingerprint density at radius 3 is 2.44 bits per heavy atom. The topological polar surface area (TPSA) is 65.9 Å². The van der Waals surface area contributed by atoms with Gasteiger partial charge in [0.2, 0.25) is 5.91 Å². The summed E-state index contributed by atoms with van der Waals surface area (Å²) in [4.78, 5) is 22.3. The number of pyridine rings is 1. The number of likely N-dealkylation sites (tertiary alicyclic amines) is 1. The van der Waals surface area contributed by atoms with Crippen molar-refractivity contribution in [2.45, 2.75) is 63.5 Å². The highest BCUT2D eigenvalue weighted by atomic mass is 35.5. The lowest BCUT2D eigenvalue weighted by atomic mass is 9.78. The van der Waals surface area contributed by atoms with Gasteiger partial charge in [0.15, 0.2) is 0 Å². The molecule has 0 radical (unpaired) electrons. The lowest BCUT2D eigenvalue weighted by Gasteiger charge is -2.41. The van der Waals surface area contributed by atoms with Gasteiger partial charge in [-0.25, -0.2) is 4.98 Å². The van der Waals surface area contributed by atoms with Gasteiger partial charge in [0.1, 0.15) is 11.6 Å². The van der Waals surface area contributed by atoms with E-state index in [1.165, 1.54) is 24.3 Å². The van der Waals surface area contributed by atoms with Gasteiger partial charge in [-0.05, 0) is 68.7 Å². The predicted molar refractivity (Wildman–Crippen MR) is 130 cm³/mol. The molecule has 1 aromatic carbocycles. The van der Waals surface area contributed by atoms with E-state index >= 15 is 0 Å². The quantitative estimate of drug-likeness (QED) is 0.579. The van der Waals surface area contributed by atoms with Gasteiger partial charge in [0.05, 0.1) is 16.5 Å². The summed E-state index contributed by atoms with van der Waals surface area (Å²) in [6, 6.07) is 7.53. The number of carbonyl (C=O) groups excluding carboxylic acids is 1. The second-order valence-electron chi connectivity index (χ2n) is 10.1. The summed E-state index contributed by atoms with van der Waals surface area (Å²) in [7, 11) is 0. The number of aromatic nitrogens is 1. The number of carbonyl (C=O) groups is 1. The molecule has 1 aliphatic carbocycles. The molecule has 3 aliphatic rings. The molecular weight excluding hydrogens is 495 g/mol. The van der Waals surface area contributed by atoms with E-state index in [0.29, 0.717) is 28.5 Å². The third-order valence-electron chi connectivity index (χ3n) is 7.77. The van der Waals surface area contributed by atoms with E-state index in [4.69, 9.17) is 11.6 Å². The molecule has 1 amide bonds.